The molecule has 3 aromatic carbocycles. The zero-order valence-electron chi connectivity index (χ0n) is 17.1. The number of carbonyl (C=O) groups excluding carboxylic acids is 2. The molecular formula is C25H21N3O3S. The van der Waals surface area contributed by atoms with Gasteiger partial charge < -0.3 is 15.4 Å². The summed E-state index contributed by atoms with van der Waals surface area (Å²) in [6.45, 7) is 0. The number of hydrogen-bond donors (Lipinski definition) is 2. The molecule has 0 bridgehead atoms. The van der Waals surface area contributed by atoms with Gasteiger partial charge >= 0.3 is 6.09 Å². The number of anilines is 1. The number of ether oxygens (including phenoxy) is 1. The molecule has 6 nitrogen and oxygen atoms in total. The first kappa shape index (κ1) is 21.3. The maximum Gasteiger partial charge on any atom is 0.413 e. The number of aromatic nitrogens is 1. The molecular weight excluding hydrogens is 422 g/mol. The van der Waals surface area contributed by atoms with Gasteiger partial charge in [-0.3, -0.25) is 4.79 Å². The molecule has 0 aliphatic heterocycles. The zero-order valence-corrected chi connectivity index (χ0v) is 17.9. The minimum absolute atomic E-state index is 0.313. The second kappa shape index (κ2) is 10.4. The summed E-state index contributed by atoms with van der Waals surface area (Å²) in [5.41, 5.74) is 2.66. The largest absolute Gasteiger partial charge is 0.413 e. The van der Waals surface area contributed by atoms with Crippen LogP contribution in [-0.2, 0) is 11.2 Å². The summed E-state index contributed by atoms with van der Waals surface area (Å²) < 4.78 is 5.30. The van der Waals surface area contributed by atoms with Gasteiger partial charge in [0.15, 0.2) is 5.13 Å². The average molecular weight is 444 g/mol. The summed E-state index contributed by atoms with van der Waals surface area (Å²) >= 11 is 1.33. The van der Waals surface area contributed by atoms with Crippen LogP contribution in [0.5, 0.6) is 5.75 Å². The first-order chi connectivity index (χ1) is 15.7. The molecule has 1 aromatic heterocycles. The molecule has 1 heterocycles. The normalized spacial score (nSPS) is 11.4. The Balaban J connectivity index is 1.46. The van der Waals surface area contributed by atoms with Gasteiger partial charge in [-0.25, -0.2) is 9.78 Å². The van der Waals surface area contributed by atoms with Gasteiger partial charge in [-0.15, -0.1) is 11.3 Å². The Kier molecular flexibility index (Phi) is 6.89. The van der Waals surface area contributed by atoms with Crippen LogP contribution in [0.3, 0.4) is 0 Å². The third-order valence-electron chi connectivity index (χ3n) is 4.65. The Hall–Kier alpha value is -3.97. The van der Waals surface area contributed by atoms with Crippen LogP contribution >= 0.6 is 11.3 Å². The highest BCUT2D eigenvalue weighted by molar-refractivity contribution is 7.14. The van der Waals surface area contributed by atoms with E-state index in [0.717, 1.165) is 16.8 Å². The average Bonchev–Trinajstić information content (AvgIpc) is 3.29. The Bertz CT molecular complexity index is 1160. The van der Waals surface area contributed by atoms with Crippen molar-refractivity contribution < 1.29 is 14.3 Å². The van der Waals surface area contributed by atoms with E-state index < -0.39 is 12.1 Å². The van der Waals surface area contributed by atoms with E-state index in [-0.39, 0.29) is 5.91 Å². The fourth-order valence-corrected chi connectivity index (χ4v) is 3.81. The van der Waals surface area contributed by atoms with E-state index in [0.29, 0.717) is 17.3 Å². The van der Waals surface area contributed by atoms with E-state index in [1.54, 1.807) is 24.3 Å². The van der Waals surface area contributed by atoms with Crippen LogP contribution < -0.4 is 15.4 Å². The Morgan fingerprint density at radius 2 is 1.50 bits per heavy atom. The van der Waals surface area contributed by atoms with Gasteiger partial charge in [0, 0.05) is 17.4 Å². The van der Waals surface area contributed by atoms with Crippen molar-refractivity contribution in [2.75, 3.05) is 5.32 Å². The highest BCUT2D eigenvalue weighted by Gasteiger charge is 2.23. The minimum atomic E-state index is -0.835. The number of rotatable bonds is 7. The standard InChI is InChI=1S/C25H21N3O3S/c29-23(28-24-26-22(17-32-24)19-12-6-2-7-13-19)21(16-18-10-4-1-5-11-18)27-25(30)31-20-14-8-3-9-15-20/h1-15,17,21H,16H2,(H,27,30)(H,26,28,29)/t21-/m1/s1. The van der Waals surface area contributed by atoms with Gasteiger partial charge in [-0.1, -0.05) is 78.9 Å². The maximum absolute atomic E-state index is 13.0. The second-order valence-corrected chi connectivity index (χ2v) is 7.84. The molecule has 0 saturated heterocycles. The molecule has 32 heavy (non-hydrogen) atoms. The number of nitrogens with zero attached hydrogens (tertiary/aromatic N) is 1. The molecule has 0 radical (unpaired) electrons. The minimum Gasteiger partial charge on any atom is -0.410 e. The van der Waals surface area contributed by atoms with E-state index in [2.05, 4.69) is 15.6 Å². The summed E-state index contributed by atoms with van der Waals surface area (Å²) in [5, 5.41) is 7.84. The molecule has 0 saturated carbocycles. The monoisotopic (exact) mass is 443 g/mol. The molecule has 0 aliphatic rings. The van der Waals surface area contributed by atoms with Gasteiger partial charge in [-0.05, 0) is 17.7 Å². The molecule has 4 rings (SSSR count). The van der Waals surface area contributed by atoms with Gasteiger partial charge in [0.25, 0.3) is 0 Å². The molecule has 0 unspecified atom stereocenters. The highest BCUT2D eigenvalue weighted by atomic mass is 32.1. The van der Waals surface area contributed by atoms with Crippen LogP contribution in [0.2, 0.25) is 0 Å². The van der Waals surface area contributed by atoms with Gasteiger partial charge in [0.2, 0.25) is 5.91 Å². The van der Waals surface area contributed by atoms with E-state index in [4.69, 9.17) is 4.74 Å². The fourth-order valence-electron chi connectivity index (χ4n) is 3.09. The summed E-state index contributed by atoms with van der Waals surface area (Å²) in [5.74, 6) is 0.0316. The van der Waals surface area contributed by atoms with Gasteiger partial charge in [0.05, 0.1) is 5.69 Å². The lowest BCUT2D eigenvalue weighted by Gasteiger charge is -2.17. The van der Waals surface area contributed by atoms with Crippen LogP contribution in [0.4, 0.5) is 9.93 Å². The van der Waals surface area contributed by atoms with Crippen molar-refractivity contribution in [2.45, 2.75) is 12.5 Å². The SMILES string of the molecule is O=C(N[C@H](Cc1ccccc1)C(=O)Nc1nc(-c2ccccc2)cs1)Oc1ccccc1. The first-order valence-corrected chi connectivity index (χ1v) is 10.9. The topological polar surface area (TPSA) is 80.3 Å². The molecule has 0 aliphatic carbocycles. The van der Waals surface area contributed by atoms with Gasteiger partial charge in [-0.2, -0.15) is 0 Å². The summed E-state index contributed by atoms with van der Waals surface area (Å²) in [7, 11) is 0. The van der Waals surface area contributed by atoms with E-state index in [1.807, 2.05) is 72.1 Å². The number of carbonyl (C=O) groups is 2. The third-order valence-corrected chi connectivity index (χ3v) is 5.41. The predicted molar refractivity (Wildman–Crippen MR) is 126 cm³/mol. The predicted octanol–water partition coefficient (Wildman–Crippen LogP) is 5.15. The lowest BCUT2D eigenvalue weighted by Crippen LogP contribution is -2.46. The smallest absolute Gasteiger partial charge is 0.410 e. The van der Waals surface area contributed by atoms with E-state index >= 15 is 0 Å². The number of hydrogen-bond acceptors (Lipinski definition) is 5. The molecule has 160 valence electrons. The van der Waals surface area contributed by atoms with E-state index in [9.17, 15) is 9.59 Å². The summed E-state index contributed by atoms with van der Waals surface area (Å²) in [4.78, 5) is 30.0. The van der Waals surface area contributed by atoms with Gasteiger partial charge in [0.1, 0.15) is 11.8 Å². The molecule has 0 spiro atoms. The number of benzene rings is 3. The molecule has 7 heteroatoms. The van der Waals surface area contributed by atoms with Crippen molar-refractivity contribution in [3.63, 3.8) is 0 Å². The van der Waals surface area contributed by atoms with Crippen molar-refractivity contribution in [1.82, 2.24) is 10.3 Å². The molecule has 2 amide bonds. The molecule has 4 aromatic rings. The zero-order chi connectivity index (χ0) is 22.2. The van der Waals surface area contributed by atoms with Crippen LogP contribution in [-0.4, -0.2) is 23.0 Å². The fraction of sp³-hybridized carbons (Fsp3) is 0.0800. The number of thiazole rings is 1. The van der Waals surface area contributed by atoms with E-state index in [1.165, 1.54) is 11.3 Å². The summed E-state index contributed by atoms with van der Waals surface area (Å²) in [6, 6.07) is 27.1. The lowest BCUT2D eigenvalue weighted by atomic mass is 10.1. The first-order valence-electron chi connectivity index (χ1n) is 10.1. The second-order valence-electron chi connectivity index (χ2n) is 6.98. The lowest BCUT2D eigenvalue weighted by molar-refractivity contribution is -0.118. The molecule has 2 N–H and O–H groups in total. The van der Waals surface area contributed by atoms with Crippen LogP contribution in [0.25, 0.3) is 11.3 Å². The number of nitrogens with one attached hydrogen (secondary N) is 2. The van der Waals surface area contributed by atoms with Crippen molar-refractivity contribution in [3.8, 4) is 17.0 Å². The quantitative estimate of drug-likeness (QED) is 0.414. The Morgan fingerprint density at radius 3 is 2.19 bits per heavy atom. The van der Waals surface area contributed by atoms with Crippen molar-refractivity contribution in [2.24, 2.45) is 0 Å². The van der Waals surface area contributed by atoms with Crippen molar-refractivity contribution in [3.05, 3.63) is 102 Å². The highest BCUT2D eigenvalue weighted by Crippen LogP contribution is 2.24. The van der Waals surface area contributed by atoms with Crippen LogP contribution in [0.15, 0.2) is 96.4 Å². The molecule has 0 fully saturated rings. The van der Waals surface area contributed by atoms with Crippen LogP contribution in [0, 0.1) is 0 Å². The van der Waals surface area contributed by atoms with Crippen LogP contribution in [0.1, 0.15) is 5.56 Å². The molecule has 1 atom stereocenters. The number of para-hydroxylation sites is 1. The third kappa shape index (κ3) is 5.80. The Morgan fingerprint density at radius 1 is 0.875 bits per heavy atom. The number of amides is 2. The maximum atomic E-state index is 13.0. The van der Waals surface area contributed by atoms with Crippen molar-refractivity contribution >= 4 is 28.5 Å². The Labute approximate surface area is 189 Å². The van der Waals surface area contributed by atoms with Crippen molar-refractivity contribution in [1.29, 1.82) is 0 Å². The summed E-state index contributed by atoms with van der Waals surface area (Å²) in [6.07, 6.45) is -0.385.